The minimum atomic E-state index is -0.981. The lowest BCUT2D eigenvalue weighted by Crippen LogP contribution is -2.53. The number of allylic oxidation sites excluding steroid dienone is 1. The second-order valence-electron chi connectivity index (χ2n) is 9.98. The number of methoxy groups -OCH3 is 1. The zero-order valence-corrected chi connectivity index (χ0v) is 21.7. The number of nitrogens with one attached hydrogen (secondary N) is 3. The number of hydrogen-bond acceptors (Lipinski definition) is 8. The number of carbonyl (C=O) groups excluding carboxylic acids is 2. The molecule has 0 aromatic heterocycles. The molecule has 6 atom stereocenters. The van der Waals surface area contributed by atoms with Gasteiger partial charge >= 0.3 is 13.9 Å². The first-order valence-corrected chi connectivity index (χ1v) is 13.0. The number of halogens is 1. The van der Waals surface area contributed by atoms with Crippen molar-refractivity contribution in [2.75, 3.05) is 33.4 Å². The van der Waals surface area contributed by atoms with Crippen molar-refractivity contribution in [1.82, 2.24) is 16.1 Å². The number of hydrogen-bond donors (Lipinski definition) is 3. The monoisotopic (exact) mass is 513 g/mol. The van der Waals surface area contributed by atoms with Gasteiger partial charge in [-0.05, 0) is 46.0 Å². The fourth-order valence-electron chi connectivity index (χ4n) is 5.02. The number of unbranched alkanes of at least 4 members (excludes halogenated alkanes) is 3. The number of hydroxylamine groups is 1. The van der Waals surface area contributed by atoms with E-state index in [1.807, 2.05) is 0 Å². The Hall–Kier alpha value is -1.73. The molecule has 2 amide bonds. The van der Waals surface area contributed by atoms with E-state index < -0.39 is 13.9 Å². The summed E-state index contributed by atoms with van der Waals surface area (Å²) in [6.45, 7) is 5.85. The molecule has 36 heavy (non-hydrogen) atoms. The van der Waals surface area contributed by atoms with Crippen molar-refractivity contribution in [1.29, 1.82) is 0 Å². The Bertz CT molecular complexity index is 751. The summed E-state index contributed by atoms with van der Waals surface area (Å²) in [5, 5.41) is 5.56. The zero-order valence-electron chi connectivity index (χ0n) is 21.7. The average Bonchev–Trinajstić information content (AvgIpc) is 3.78. The first kappa shape index (κ1) is 28.8. The van der Waals surface area contributed by atoms with Crippen molar-refractivity contribution >= 4 is 19.8 Å². The van der Waals surface area contributed by atoms with Gasteiger partial charge in [0.25, 0.3) is 0 Å². The van der Waals surface area contributed by atoms with Crippen LogP contribution in [0.2, 0.25) is 0 Å². The molecule has 1 aliphatic carbocycles. The van der Waals surface area contributed by atoms with Crippen LogP contribution in [0, 0.1) is 5.92 Å². The van der Waals surface area contributed by atoms with Crippen LogP contribution < -0.4 is 16.1 Å². The average molecular weight is 513 g/mol. The van der Waals surface area contributed by atoms with Gasteiger partial charge in [0.2, 0.25) is 5.91 Å². The van der Waals surface area contributed by atoms with Gasteiger partial charge in [-0.1, -0.05) is 24.5 Å². The van der Waals surface area contributed by atoms with Gasteiger partial charge in [0, 0.05) is 26.1 Å². The topological polar surface area (TPSA) is 123 Å². The molecule has 3 N–H and O–H groups in total. The Morgan fingerprint density at radius 2 is 1.89 bits per heavy atom. The summed E-state index contributed by atoms with van der Waals surface area (Å²) in [5.74, 6) is -0.194. The Morgan fingerprint density at radius 3 is 2.53 bits per heavy atom. The second kappa shape index (κ2) is 14.3. The molecular formula is C24H41BFN3O7. The molecular weight excluding hydrogens is 472 g/mol. The molecule has 1 saturated carbocycles. The first-order chi connectivity index (χ1) is 17.4. The molecule has 0 aromatic rings. The van der Waals surface area contributed by atoms with E-state index in [-0.39, 0.29) is 48.4 Å². The molecule has 12 heteroatoms. The molecule has 2 saturated heterocycles. The molecule has 1 spiro atoms. The van der Waals surface area contributed by atoms with Gasteiger partial charge in [-0.15, -0.1) is 0 Å². The Kier molecular flexibility index (Phi) is 11.4. The van der Waals surface area contributed by atoms with Gasteiger partial charge in [0.1, 0.15) is 12.2 Å². The second-order valence-corrected chi connectivity index (χ2v) is 9.98. The van der Waals surface area contributed by atoms with Gasteiger partial charge in [-0.2, -0.15) is 0 Å². The quantitative estimate of drug-likeness (QED) is 0.0940. The van der Waals surface area contributed by atoms with Crippen LogP contribution in [-0.4, -0.2) is 83.1 Å². The van der Waals surface area contributed by atoms with Crippen LogP contribution in [0.3, 0.4) is 0 Å². The van der Waals surface area contributed by atoms with E-state index in [2.05, 4.69) is 40.8 Å². The predicted octanol–water partition coefficient (Wildman–Crippen LogP) is 1.83. The van der Waals surface area contributed by atoms with Gasteiger partial charge in [0.15, 0.2) is 0 Å². The number of carbonyl (C=O) groups is 2. The zero-order chi connectivity index (χ0) is 26.0. The number of amides is 2. The highest BCUT2D eigenvalue weighted by Gasteiger charge is 2.66. The molecule has 204 valence electrons. The van der Waals surface area contributed by atoms with Crippen molar-refractivity contribution in [3.05, 3.63) is 11.6 Å². The summed E-state index contributed by atoms with van der Waals surface area (Å²) in [6.07, 6.45) is 7.27. The van der Waals surface area contributed by atoms with Crippen LogP contribution in [0.1, 0.15) is 58.8 Å². The Balaban J connectivity index is 1.31. The van der Waals surface area contributed by atoms with Crippen LogP contribution in [0.15, 0.2) is 11.6 Å². The number of epoxide rings is 2. The fourth-order valence-corrected chi connectivity index (χ4v) is 5.02. The van der Waals surface area contributed by atoms with Gasteiger partial charge in [0.05, 0.1) is 31.0 Å². The lowest BCUT2D eigenvalue weighted by Gasteiger charge is -2.40. The van der Waals surface area contributed by atoms with Crippen molar-refractivity contribution in [3.8, 4) is 0 Å². The van der Waals surface area contributed by atoms with Gasteiger partial charge in [-0.25, -0.2) is 10.3 Å². The lowest BCUT2D eigenvalue weighted by molar-refractivity contribution is -0.121. The van der Waals surface area contributed by atoms with E-state index in [1.165, 1.54) is 5.57 Å². The highest BCUT2D eigenvalue weighted by Crippen LogP contribution is 2.54. The molecule has 0 aromatic carbocycles. The van der Waals surface area contributed by atoms with Crippen LogP contribution in [0.25, 0.3) is 0 Å². The SMILES string of the molecule is COC1C(OC(=O)NCCCCCCNC(=O)CNOBF)CC[C@]2(CO2)C1[C@H]1O[C@@H]1CC=C(C)C. The maximum absolute atomic E-state index is 12.5. The third-order valence-corrected chi connectivity index (χ3v) is 7.04. The molecule has 0 radical (unpaired) electrons. The molecule has 0 bridgehead atoms. The summed E-state index contributed by atoms with van der Waals surface area (Å²) >= 11 is 0. The number of alkyl carbamates (subject to hydrolysis) is 1. The summed E-state index contributed by atoms with van der Waals surface area (Å²) in [6, 6.07) is 0. The van der Waals surface area contributed by atoms with E-state index in [0.29, 0.717) is 26.1 Å². The number of ether oxygens (including phenoxy) is 4. The smallest absolute Gasteiger partial charge is 0.443 e. The normalized spacial score (nSPS) is 30.4. The Labute approximate surface area is 213 Å². The van der Waals surface area contributed by atoms with Crippen molar-refractivity contribution < 1.29 is 37.6 Å². The largest absolute Gasteiger partial charge is 0.498 e. The maximum Gasteiger partial charge on any atom is 0.498 e. The minimum Gasteiger partial charge on any atom is -0.443 e. The molecule has 3 fully saturated rings. The first-order valence-electron chi connectivity index (χ1n) is 13.0. The predicted molar refractivity (Wildman–Crippen MR) is 132 cm³/mol. The van der Waals surface area contributed by atoms with Gasteiger partial charge in [-0.3, -0.25) is 9.11 Å². The molecule has 2 heterocycles. The summed E-state index contributed by atoms with van der Waals surface area (Å²) in [4.78, 5) is 23.9. The van der Waals surface area contributed by atoms with Crippen LogP contribution in [-0.2, 0) is 28.5 Å². The van der Waals surface area contributed by atoms with Crippen LogP contribution in [0.4, 0.5) is 9.11 Å². The third kappa shape index (κ3) is 8.69. The molecule has 3 unspecified atom stereocenters. The summed E-state index contributed by atoms with van der Waals surface area (Å²) in [5.41, 5.74) is 3.28. The molecule has 3 rings (SSSR count). The summed E-state index contributed by atoms with van der Waals surface area (Å²) < 4.78 is 39.6. The van der Waals surface area contributed by atoms with E-state index in [1.54, 1.807) is 7.11 Å². The highest BCUT2D eigenvalue weighted by molar-refractivity contribution is 6.16. The fraction of sp³-hybridized carbons (Fsp3) is 0.833. The molecule has 2 aliphatic heterocycles. The molecule has 10 nitrogen and oxygen atoms in total. The van der Waals surface area contributed by atoms with Crippen LogP contribution in [0.5, 0.6) is 0 Å². The highest BCUT2D eigenvalue weighted by atomic mass is 19.1. The van der Waals surface area contributed by atoms with E-state index in [0.717, 1.165) is 38.5 Å². The van der Waals surface area contributed by atoms with E-state index in [9.17, 15) is 13.9 Å². The van der Waals surface area contributed by atoms with Crippen LogP contribution >= 0.6 is 0 Å². The third-order valence-electron chi connectivity index (χ3n) is 7.04. The van der Waals surface area contributed by atoms with Crippen molar-refractivity contribution in [2.24, 2.45) is 5.92 Å². The summed E-state index contributed by atoms with van der Waals surface area (Å²) in [7, 11) is 0.684. The van der Waals surface area contributed by atoms with Crippen molar-refractivity contribution in [3.63, 3.8) is 0 Å². The Morgan fingerprint density at radius 1 is 1.17 bits per heavy atom. The minimum absolute atomic E-state index is 0.0529. The standard InChI is InChI=1S/C24H41BFN3O7/c1-16(2)8-9-17-22(34-17)20-21(32-3)18(10-11-24(20)15-33-24)35-23(31)28-13-7-5-4-6-12-27-19(30)14-29-36-25-26/h8,17-18,20-22,25,29H,4-7,9-15H2,1-3H3,(H,27,30)(H,28,31)/t17-,18?,20?,21?,22+,24+/m1/s1. The number of rotatable bonds is 16. The van der Waals surface area contributed by atoms with E-state index >= 15 is 0 Å². The maximum atomic E-state index is 12.5. The van der Waals surface area contributed by atoms with E-state index in [4.69, 9.17) is 18.9 Å². The van der Waals surface area contributed by atoms with Gasteiger partial charge < -0.3 is 34.3 Å². The van der Waals surface area contributed by atoms with Crippen molar-refractivity contribution in [2.45, 2.75) is 88.8 Å². The lowest BCUT2D eigenvalue weighted by atomic mass is 9.73. The molecule has 3 aliphatic rings.